The highest BCUT2D eigenvalue weighted by Crippen LogP contribution is 2.11. The van der Waals surface area contributed by atoms with Crippen LogP contribution in [0.5, 0.6) is 0 Å². The lowest BCUT2D eigenvalue weighted by Gasteiger charge is -2.05. The molecule has 0 aliphatic carbocycles. The van der Waals surface area contributed by atoms with E-state index in [4.69, 9.17) is 0 Å². The van der Waals surface area contributed by atoms with Crippen LogP contribution in [0.1, 0.15) is 5.56 Å². The first-order valence-electron chi connectivity index (χ1n) is 4.74. The van der Waals surface area contributed by atoms with Crippen molar-refractivity contribution in [3.63, 3.8) is 0 Å². The average molecular weight is 263 g/mol. The maximum atomic E-state index is 4.08. The third-order valence-corrected chi connectivity index (χ3v) is 2.50. The molecule has 0 bridgehead atoms. The van der Waals surface area contributed by atoms with Crippen molar-refractivity contribution in [3.05, 3.63) is 58.8 Å². The van der Waals surface area contributed by atoms with Gasteiger partial charge in [-0.25, -0.2) is 4.98 Å². The third-order valence-electron chi connectivity index (χ3n) is 2.06. The number of rotatable bonds is 3. The molecule has 0 atom stereocenters. The Bertz CT molecular complexity index is 429. The van der Waals surface area contributed by atoms with Gasteiger partial charge in [0.1, 0.15) is 4.60 Å². The molecular formula is C12H11BrN2. The monoisotopic (exact) mass is 262 g/mol. The zero-order valence-corrected chi connectivity index (χ0v) is 9.74. The van der Waals surface area contributed by atoms with Crippen LogP contribution in [0.25, 0.3) is 0 Å². The molecule has 0 spiro atoms. The predicted molar refractivity (Wildman–Crippen MR) is 65.7 cm³/mol. The van der Waals surface area contributed by atoms with Crippen molar-refractivity contribution in [3.8, 4) is 0 Å². The van der Waals surface area contributed by atoms with Crippen LogP contribution in [0.4, 0.5) is 5.69 Å². The van der Waals surface area contributed by atoms with Crippen molar-refractivity contribution in [2.75, 3.05) is 5.32 Å². The zero-order valence-electron chi connectivity index (χ0n) is 8.15. The van der Waals surface area contributed by atoms with Crippen LogP contribution < -0.4 is 5.32 Å². The summed E-state index contributed by atoms with van der Waals surface area (Å²) < 4.78 is 0.870. The van der Waals surface area contributed by atoms with Crippen molar-refractivity contribution in [2.24, 2.45) is 0 Å². The second kappa shape index (κ2) is 4.94. The van der Waals surface area contributed by atoms with Crippen molar-refractivity contribution in [1.29, 1.82) is 0 Å². The minimum absolute atomic E-state index is 0.811. The van der Waals surface area contributed by atoms with Crippen molar-refractivity contribution < 1.29 is 0 Å². The molecule has 2 rings (SSSR count). The Hall–Kier alpha value is -1.35. The minimum atomic E-state index is 0.811. The van der Waals surface area contributed by atoms with Gasteiger partial charge in [-0.05, 0) is 45.8 Å². The summed E-state index contributed by atoms with van der Waals surface area (Å²) in [6, 6.07) is 14.2. The Labute approximate surface area is 97.5 Å². The molecule has 0 radical (unpaired) electrons. The fraction of sp³-hybridized carbons (Fsp3) is 0.0833. The van der Waals surface area contributed by atoms with E-state index in [0.29, 0.717) is 0 Å². The molecule has 0 unspecified atom stereocenters. The van der Waals surface area contributed by atoms with Crippen LogP contribution in [0.3, 0.4) is 0 Å². The fourth-order valence-corrected chi connectivity index (χ4v) is 1.72. The summed E-state index contributed by atoms with van der Waals surface area (Å²) in [5, 5.41) is 3.34. The molecule has 0 fully saturated rings. The molecule has 1 heterocycles. The van der Waals surface area contributed by atoms with Gasteiger partial charge in [0.05, 0.1) is 0 Å². The van der Waals surface area contributed by atoms with E-state index in [1.165, 1.54) is 5.56 Å². The van der Waals surface area contributed by atoms with E-state index in [1.807, 2.05) is 30.3 Å². The molecule has 2 nitrogen and oxygen atoms in total. The Morgan fingerprint density at radius 2 is 1.93 bits per heavy atom. The smallest absolute Gasteiger partial charge is 0.106 e. The van der Waals surface area contributed by atoms with Gasteiger partial charge in [-0.1, -0.05) is 18.2 Å². The quantitative estimate of drug-likeness (QED) is 0.858. The van der Waals surface area contributed by atoms with Crippen LogP contribution >= 0.6 is 15.9 Å². The second-order valence-corrected chi connectivity index (χ2v) is 4.02. The Morgan fingerprint density at radius 1 is 1.13 bits per heavy atom. The maximum Gasteiger partial charge on any atom is 0.106 e. The van der Waals surface area contributed by atoms with Gasteiger partial charge in [0.25, 0.3) is 0 Å². The molecular weight excluding hydrogens is 252 g/mol. The SMILES string of the molecule is Brc1cc(CNc2ccccc2)ccn1. The summed E-state index contributed by atoms with van der Waals surface area (Å²) in [4.78, 5) is 4.08. The van der Waals surface area contributed by atoms with E-state index in [0.717, 1.165) is 16.8 Å². The molecule has 0 amide bonds. The lowest BCUT2D eigenvalue weighted by molar-refractivity contribution is 1.12. The summed E-state index contributed by atoms with van der Waals surface area (Å²) in [5.41, 5.74) is 2.34. The number of para-hydroxylation sites is 1. The van der Waals surface area contributed by atoms with E-state index < -0.39 is 0 Å². The molecule has 15 heavy (non-hydrogen) atoms. The summed E-state index contributed by atoms with van der Waals surface area (Å²) in [5.74, 6) is 0. The van der Waals surface area contributed by atoms with Gasteiger partial charge in [0.2, 0.25) is 0 Å². The molecule has 76 valence electrons. The normalized spacial score (nSPS) is 9.93. The highest BCUT2D eigenvalue weighted by molar-refractivity contribution is 9.10. The number of halogens is 1. The molecule has 2 aromatic rings. The third kappa shape index (κ3) is 3.06. The van der Waals surface area contributed by atoms with E-state index >= 15 is 0 Å². The number of hydrogen-bond acceptors (Lipinski definition) is 2. The van der Waals surface area contributed by atoms with E-state index in [1.54, 1.807) is 6.20 Å². The maximum absolute atomic E-state index is 4.08. The van der Waals surface area contributed by atoms with Gasteiger partial charge < -0.3 is 5.32 Å². The number of pyridine rings is 1. The minimum Gasteiger partial charge on any atom is -0.381 e. The molecule has 1 aromatic heterocycles. The van der Waals surface area contributed by atoms with Crippen molar-refractivity contribution in [1.82, 2.24) is 4.98 Å². The first-order chi connectivity index (χ1) is 7.34. The second-order valence-electron chi connectivity index (χ2n) is 3.21. The summed E-state index contributed by atoms with van der Waals surface area (Å²) in [6.45, 7) is 0.811. The highest BCUT2D eigenvalue weighted by atomic mass is 79.9. The molecule has 1 aromatic carbocycles. The topological polar surface area (TPSA) is 24.9 Å². The van der Waals surface area contributed by atoms with Crippen LogP contribution in [0, 0.1) is 0 Å². The predicted octanol–water partition coefficient (Wildman–Crippen LogP) is 3.46. The van der Waals surface area contributed by atoms with Crippen LogP contribution in [-0.2, 0) is 6.54 Å². The van der Waals surface area contributed by atoms with Crippen molar-refractivity contribution >= 4 is 21.6 Å². The molecule has 1 N–H and O–H groups in total. The average Bonchev–Trinajstić information content (AvgIpc) is 2.28. The number of hydrogen-bond donors (Lipinski definition) is 1. The van der Waals surface area contributed by atoms with E-state index in [-0.39, 0.29) is 0 Å². The molecule has 0 aliphatic rings. The lowest BCUT2D eigenvalue weighted by atomic mass is 10.2. The molecule has 0 saturated heterocycles. The first-order valence-corrected chi connectivity index (χ1v) is 5.53. The van der Waals surface area contributed by atoms with Gasteiger partial charge in [0, 0.05) is 18.4 Å². The number of nitrogens with one attached hydrogen (secondary N) is 1. The summed E-state index contributed by atoms with van der Waals surface area (Å²) in [7, 11) is 0. The summed E-state index contributed by atoms with van der Waals surface area (Å²) >= 11 is 3.35. The summed E-state index contributed by atoms with van der Waals surface area (Å²) in [6.07, 6.45) is 1.80. The van der Waals surface area contributed by atoms with E-state index in [9.17, 15) is 0 Å². The van der Waals surface area contributed by atoms with Gasteiger partial charge in [0.15, 0.2) is 0 Å². The molecule has 0 saturated carbocycles. The fourth-order valence-electron chi connectivity index (χ4n) is 1.31. The van der Waals surface area contributed by atoms with Gasteiger partial charge in [-0.15, -0.1) is 0 Å². The molecule has 0 aliphatic heterocycles. The Morgan fingerprint density at radius 3 is 2.67 bits per heavy atom. The number of nitrogens with zero attached hydrogens (tertiary/aromatic N) is 1. The first kappa shape index (κ1) is 10.2. The van der Waals surface area contributed by atoms with Crippen LogP contribution in [0.2, 0.25) is 0 Å². The zero-order chi connectivity index (χ0) is 10.5. The van der Waals surface area contributed by atoms with Gasteiger partial charge in [-0.2, -0.15) is 0 Å². The van der Waals surface area contributed by atoms with Crippen molar-refractivity contribution in [2.45, 2.75) is 6.54 Å². The number of benzene rings is 1. The lowest BCUT2D eigenvalue weighted by Crippen LogP contribution is -1.99. The highest BCUT2D eigenvalue weighted by Gasteiger charge is 1.94. The Balaban J connectivity index is 1.99. The van der Waals surface area contributed by atoms with E-state index in [2.05, 4.69) is 38.4 Å². The van der Waals surface area contributed by atoms with Crippen LogP contribution in [0.15, 0.2) is 53.3 Å². The van der Waals surface area contributed by atoms with Gasteiger partial charge >= 0.3 is 0 Å². The molecule has 3 heteroatoms. The number of aromatic nitrogens is 1. The standard InChI is InChI=1S/C12H11BrN2/c13-12-8-10(6-7-14-12)9-15-11-4-2-1-3-5-11/h1-8,15H,9H2. The number of anilines is 1. The Kier molecular flexibility index (Phi) is 3.35. The van der Waals surface area contributed by atoms with Crippen LogP contribution in [-0.4, -0.2) is 4.98 Å². The largest absolute Gasteiger partial charge is 0.381 e. The van der Waals surface area contributed by atoms with Gasteiger partial charge in [-0.3, -0.25) is 0 Å².